The van der Waals surface area contributed by atoms with Gasteiger partial charge in [0.1, 0.15) is 0 Å². The minimum atomic E-state index is 0.0682. The normalized spacial score (nSPS) is 9.29. The van der Waals surface area contributed by atoms with Gasteiger partial charge in [-0.25, -0.2) is 0 Å². The molecule has 3 N–H and O–H groups in total. The third kappa shape index (κ3) is 7.79. The van der Waals surface area contributed by atoms with Gasteiger partial charge in [0.05, 0.1) is 0 Å². The van der Waals surface area contributed by atoms with Crippen molar-refractivity contribution in [2.24, 2.45) is 0 Å². The Morgan fingerprint density at radius 3 is 2.43 bits per heavy atom. The smallest absolute Gasteiger partial charge is 0.221 e. The van der Waals surface area contributed by atoms with Gasteiger partial charge < -0.3 is 16.0 Å². The first kappa shape index (κ1) is 13.2. The van der Waals surface area contributed by atoms with Gasteiger partial charge in [-0.15, -0.1) is 0 Å². The Kier molecular flexibility index (Phi) is 8.22. The second-order valence-corrected chi connectivity index (χ2v) is 3.29. The van der Waals surface area contributed by atoms with Crippen molar-refractivity contribution in [3.05, 3.63) is 0 Å². The lowest BCUT2D eigenvalue weighted by molar-refractivity contribution is -0.120. The van der Waals surface area contributed by atoms with Gasteiger partial charge in [0.25, 0.3) is 0 Å². The lowest BCUT2D eigenvalue weighted by atomic mass is 10.4. The lowest BCUT2D eigenvalue weighted by Crippen LogP contribution is -2.37. The molecular formula is C9H19N3OS. The summed E-state index contributed by atoms with van der Waals surface area (Å²) in [5, 5.41) is 9.30. The predicted octanol–water partition coefficient (Wildman–Crippen LogP) is 0.387. The molecule has 14 heavy (non-hydrogen) atoms. The van der Waals surface area contributed by atoms with Crippen molar-refractivity contribution in [2.75, 3.05) is 19.6 Å². The van der Waals surface area contributed by atoms with Crippen LogP contribution in [0.4, 0.5) is 0 Å². The molecule has 0 spiro atoms. The predicted molar refractivity (Wildman–Crippen MR) is 62.2 cm³/mol. The van der Waals surface area contributed by atoms with E-state index >= 15 is 0 Å². The van der Waals surface area contributed by atoms with Crippen molar-refractivity contribution in [2.45, 2.75) is 26.7 Å². The van der Waals surface area contributed by atoms with E-state index in [4.69, 9.17) is 12.2 Å². The summed E-state index contributed by atoms with van der Waals surface area (Å²) < 4.78 is 0. The topological polar surface area (TPSA) is 53.2 Å². The molecule has 82 valence electrons. The van der Waals surface area contributed by atoms with Crippen LogP contribution in [0.15, 0.2) is 0 Å². The van der Waals surface area contributed by atoms with Crippen LogP contribution < -0.4 is 16.0 Å². The summed E-state index contributed by atoms with van der Waals surface area (Å²) in [4.78, 5) is 11.1. The van der Waals surface area contributed by atoms with Gasteiger partial charge in [-0.2, -0.15) is 0 Å². The Balaban J connectivity index is 3.34. The molecule has 0 atom stereocenters. The van der Waals surface area contributed by atoms with Crippen molar-refractivity contribution in [3.63, 3.8) is 0 Å². The highest BCUT2D eigenvalue weighted by Crippen LogP contribution is 1.79. The fraction of sp³-hybridized carbons (Fsp3) is 0.778. The van der Waals surface area contributed by atoms with Crippen molar-refractivity contribution in [1.29, 1.82) is 0 Å². The molecule has 0 saturated carbocycles. The van der Waals surface area contributed by atoms with Gasteiger partial charge in [0, 0.05) is 26.1 Å². The monoisotopic (exact) mass is 217 g/mol. The number of carbonyl (C=O) groups excluding carboxylic acids is 1. The minimum absolute atomic E-state index is 0.0682. The van der Waals surface area contributed by atoms with E-state index < -0.39 is 0 Å². The van der Waals surface area contributed by atoms with Gasteiger partial charge in [0.2, 0.25) is 5.91 Å². The number of hydrogen-bond acceptors (Lipinski definition) is 2. The van der Waals surface area contributed by atoms with E-state index in [0.717, 1.165) is 19.5 Å². The molecule has 0 aliphatic carbocycles. The fourth-order valence-corrected chi connectivity index (χ4v) is 1.11. The Hall–Kier alpha value is -0.840. The molecule has 0 aliphatic heterocycles. The quantitative estimate of drug-likeness (QED) is 0.563. The van der Waals surface area contributed by atoms with E-state index in [9.17, 15) is 4.79 Å². The second kappa shape index (κ2) is 8.74. The average molecular weight is 217 g/mol. The zero-order valence-electron chi connectivity index (χ0n) is 8.85. The molecule has 0 aromatic carbocycles. The van der Waals surface area contributed by atoms with E-state index in [2.05, 4.69) is 16.0 Å². The van der Waals surface area contributed by atoms with E-state index in [1.54, 1.807) is 0 Å². The molecule has 5 heteroatoms. The Morgan fingerprint density at radius 2 is 1.86 bits per heavy atom. The summed E-state index contributed by atoms with van der Waals surface area (Å²) in [6, 6.07) is 0. The van der Waals surface area contributed by atoms with Crippen molar-refractivity contribution < 1.29 is 4.79 Å². The molecule has 0 aliphatic rings. The molecular weight excluding hydrogens is 198 g/mol. The first-order valence-corrected chi connectivity index (χ1v) is 5.39. The first-order chi connectivity index (χ1) is 6.70. The summed E-state index contributed by atoms with van der Waals surface area (Å²) in [5.74, 6) is 0.0682. The second-order valence-electron chi connectivity index (χ2n) is 2.89. The largest absolute Gasteiger partial charge is 0.363 e. The van der Waals surface area contributed by atoms with Crippen LogP contribution >= 0.6 is 12.2 Å². The maximum atomic E-state index is 11.1. The summed E-state index contributed by atoms with van der Waals surface area (Å²) in [6.07, 6.45) is 1.43. The molecule has 1 amide bonds. The van der Waals surface area contributed by atoms with E-state index in [-0.39, 0.29) is 5.91 Å². The van der Waals surface area contributed by atoms with E-state index in [1.807, 2.05) is 13.8 Å². The molecule has 0 aromatic rings. The number of amides is 1. The van der Waals surface area contributed by atoms with Crippen LogP contribution in [0.25, 0.3) is 0 Å². The van der Waals surface area contributed by atoms with Crippen LogP contribution in [0.2, 0.25) is 0 Å². The van der Waals surface area contributed by atoms with Crippen LogP contribution in [0.3, 0.4) is 0 Å². The van der Waals surface area contributed by atoms with Crippen LogP contribution in [0, 0.1) is 0 Å². The summed E-state index contributed by atoms with van der Waals surface area (Å²) in [6.45, 7) is 6.13. The lowest BCUT2D eigenvalue weighted by Gasteiger charge is -2.08. The first-order valence-electron chi connectivity index (χ1n) is 4.99. The summed E-state index contributed by atoms with van der Waals surface area (Å²) >= 11 is 4.94. The van der Waals surface area contributed by atoms with E-state index in [0.29, 0.717) is 18.1 Å². The van der Waals surface area contributed by atoms with Crippen LogP contribution in [-0.4, -0.2) is 30.7 Å². The molecule has 0 bridgehead atoms. The number of thiocarbonyl (C=S) groups is 1. The van der Waals surface area contributed by atoms with Gasteiger partial charge in [-0.1, -0.05) is 6.92 Å². The van der Waals surface area contributed by atoms with Crippen molar-refractivity contribution in [1.82, 2.24) is 16.0 Å². The SMILES string of the molecule is CCCNC(=O)CCNC(=S)NCC. The molecule has 0 rings (SSSR count). The average Bonchev–Trinajstić information content (AvgIpc) is 2.15. The zero-order valence-corrected chi connectivity index (χ0v) is 9.67. The molecule has 0 fully saturated rings. The molecule has 4 nitrogen and oxygen atoms in total. The van der Waals surface area contributed by atoms with Crippen molar-refractivity contribution >= 4 is 23.2 Å². The van der Waals surface area contributed by atoms with Crippen LogP contribution in [0.5, 0.6) is 0 Å². The standard InChI is InChI=1S/C9H19N3OS/c1-3-6-11-8(13)5-7-12-9(14)10-4-2/h3-7H2,1-2H3,(H,11,13)(H2,10,12,14). The maximum absolute atomic E-state index is 11.1. The van der Waals surface area contributed by atoms with Crippen molar-refractivity contribution in [3.8, 4) is 0 Å². The highest BCUT2D eigenvalue weighted by molar-refractivity contribution is 7.80. The molecule has 0 unspecified atom stereocenters. The maximum Gasteiger partial charge on any atom is 0.221 e. The molecule has 0 heterocycles. The number of rotatable bonds is 6. The Morgan fingerprint density at radius 1 is 1.14 bits per heavy atom. The van der Waals surface area contributed by atoms with Gasteiger partial charge in [-0.3, -0.25) is 4.79 Å². The van der Waals surface area contributed by atoms with Crippen LogP contribution in [0.1, 0.15) is 26.7 Å². The van der Waals surface area contributed by atoms with Gasteiger partial charge in [-0.05, 0) is 25.6 Å². The third-order valence-electron chi connectivity index (χ3n) is 1.55. The van der Waals surface area contributed by atoms with Gasteiger partial charge in [0.15, 0.2) is 5.11 Å². The highest BCUT2D eigenvalue weighted by atomic mass is 32.1. The fourth-order valence-electron chi connectivity index (χ4n) is 0.865. The summed E-state index contributed by atoms with van der Waals surface area (Å²) in [5.41, 5.74) is 0. The number of hydrogen-bond donors (Lipinski definition) is 3. The summed E-state index contributed by atoms with van der Waals surface area (Å²) in [7, 11) is 0. The van der Waals surface area contributed by atoms with E-state index in [1.165, 1.54) is 0 Å². The highest BCUT2D eigenvalue weighted by Gasteiger charge is 1.99. The number of carbonyl (C=O) groups is 1. The number of nitrogens with one attached hydrogen (secondary N) is 3. The third-order valence-corrected chi connectivity index (χ3v) is 1.84. The van der Waals surface area contributed by atoms with Gasteiger partial charge >= 0.3 is 0 Å². The minimum Gasteiger partial charge on any atom is -0.363 e. The zero-order chi connectivity index (χ0) is 10.8. The molecule has 0 radical (unpaired) electrons. The Bertz CT molecular complexity index is 185. The molecule has 0 aromatic heterocycles. The Labute approximate surface area is 90.8 Å². The van der Waals surface area contributed by atoms with Crippen LogP contribution in [-0.2, 0) is 4.79 Å². The molecule has 0 saturated heterocycles.